The third-order valence-corrected chi connectivity index (χ3v) is 5.73. The molecule has 1 aromatic carbocycles. The van der Waals surface area contributed by atoms with Crippen molar-refractivity contribution >= 4 is 21.4 Å². The Kier molecular flexibility index (Phi) is 4.17. The van der Waals surface area contributed by atoms with Gasteiger partial charge in [-0.2, -0.15) is 0 Å². The molecule has 2 rings (SSSR count). The van der Waals surface area contributed by atoms with E-state index in [1.165, 1.54) is 12.1 Å². The maximum absolute atomic E-state index is 12.2. The van der Waals surface area contributed by atoms with Gasteiger partial charge in [-0.1, -0.05) is 32.0 Å². The van der Waals surface area contributed by atoms with Gasteiger partial charge in [0.05, 0.1) is 0 Å². The summed E-state index contributed by atoms with van der Waals surface area (Å²) in [6, 6.07) is 9.84. The van der Waals surface area contributed by atoms with Gasteiger partial charge in [-0.15, -0.1) is 11.3 Å². The van der Waals surface area contributed by atoms with Crippen molar-refractivity contribution in [1.29, 1.82) is 0 Å². The molecule has 1 heterocycles. The summed E-state index contributed by atoms with van der Waals surface area (Å²) in [4.78, 5) is 1.01. The quantitative estimate of drug-likeness (QED) is 0.892. The van der Waals surface area contributed by atoms with Gasteiger partial charge in [-0.3, -0.25) is 0 Å². The van der Waals surface area contributed by atoms with Gasteiger partial charge in [0.1, 0.15) is 10.6 Å². The standard InChI is InChI=1S/C14H17NO3S2/c1-14(2,13-8-5-9-19-13)10-15-20(17,18)12-7-4-3-6-11(12)16/h3-9,15-16H,10H2,1-2H3. The molecular weight excluding hydrogens is 294 g/mol. The van der Waals surface area contributed by atoms with Crippen LogP contribution in [0.5, 0.6) is 5.75 Å². The largest absolute Gasteiger partial charge is 0.507 e. The maximum atomic E-state index is 12.2. The fourth-order valence-corrected chi connectivity index (χ4v) is 3.95. The molecule has 0 saturated heterocycles. The zero-order valence-electron chi connectivity index (χ0n) is 11.3. The molecule has 0 atom stereocenters. The van der Waals surface area contributed by atoms with Crippen LogP contribution in [0, 0.1) is 0 Å². The molecule has 6 heteroatoms. The molecule has 0 spiro atoms. The SMILES string of the molecule is CC(C)(CNS(=O)(=O)c1ccccc1O)c1cccs1. The number of phenols is 1. The zero-order valence-corrected chi connectivity index (χ0v) is 13.0. The molecule has 0 fully saturated rings. The van der Waals surface area contributed by atoms with Crippen molar-refractivity contribution in [3.63, 3.8) is 0 Å². The summed E-state index contributed by atoms with van der Waals surface area (Å²) in [5.41, 5.74) is -0.300. The first-order chi connectivity index (χ1) is 9.33. The van der Waals surface area contributed by atoms with Crippen LogP contribution in [0.2, 0.25) is 0 Å². The molecule has 0 saturated carbocycles. The van der Waals surface area contributed by atoms with E-state index in [2.05, 4.69) is 4.72 Å². The lowest BCUT2D eigenvalue weighted by Gasteiger charge is -2.23. The number of rotatable bonds is 5. The monoisotopic (exact) mass is 311 g/mol. The van der Waals surface area contributed by atoms with Crippen LogP contribution in [0.1, 0.15) is 18.7 Å². The Morgan fingerprint density at radius 2 is 1.90 bits per heavy atom. The van der Waals surface area contributed by atoms with Crippen molar-refractivity contribution in [3.8, 4) is 5.75 Å². The number of aromatic hydroxyl groups is 1. The van der Waals surface area contributed by atoms with Crippen LogP contribution in [0.15, 0.2) is 46.7 Å². The topological polar surface area (TPSA) is 66.4 Å². The Bertz CT molecular complexity index is 676. The second kappa shape index (κ2) is 5.55. The van der Waals surface area contributed by atoms with Crippen LogP contribution in [0.3, 0.4) is 0 Å². The Hall–Kier alpha value is -1.37. The van der Waals surface area contributed by atoms with Crippen LogP contribution in [0.4, 0.5) is 0 Å². The minimum Gasteiger partial charge on any atom is -0.507 e. The van der Waals surface area contributed by atoms with Gasteiger partial charge < -0.3 is 5.11 Å². The Morgan fingerprint density at radius 3 is 2.50 bits per heavy atom. The van der Waals surface area contributed by atoms with E-state index in [4.69, 9.17) is 0 Å². The van der Waals surface area contributed by atoms with Crippen molar-refractivity contribution in [1.82, 2.24) is 4.72 Å². The number of para-hydroxylation sites is 1. The fraction of sp³-hybridized carbons (Fsp3) is 0.286. The van der Waals surface area contributed by atoms with E-state index < -0.39 is 10.0 Å². The van der Waals surface area contributed by atoms with Crippen molar-refractivity contribution in [2.24, 2.45) is 0 Å². The van der Waals surface area contributed by atoms with E-state index >= 15 is 0 Å². The van der Waals surface area contributed by atoms with E-state index in [0.29, 0.717) is 0 Å². The molecular formula is C14H17NO3S2. The van der Waals surface area contributed by atoms with Crippen LogP contribution in [0.25, 0.3) is 0 Å². The lowest BCUT2D eigenvalue weighted by molar-refractivity contribution is 0.456. The fourth-order valence-electron chi connectivity index (χ4n) is 1.79. The third kappa shape index (κ3) is 3.20. The highest BCUT2D eigenvalue weighted by atomic mass is 32.2. The minimum absolute atomic E-state index is 0.0954. The highest BCUT2D eigenvalue weighted by molar-refractivity contribution is 7.89. The molecule has 2 aromatic rings. The summed E-state index contributed by atoms with van der Waals surface area (Å²) in [6.07, 6.45) is 0. The molecule has 0 aliphatic rings. The smallest absolute Gasteiger partial charge is 0.244 e. The molecule has 4 nitrogen and oxygen atoms in total. The van der Waals surface area contributed by atoms with E-state index in [0.717, 1.165) is 4.88 Å². The summed E-state index contributed by atoms with van der Waals surface area (Å²) < 4.78 is 27.0. The summed E-state index contributed by atoms with van der Waals surface area (Å²) in [7, 11) is -3.71. The first-order valence-corrected chi connectivity index (χ1v) is 8.51. The molecule has 0 aliphatic carbocycles. The van der Waals surface area contributed by atoms with Gasteiger partial charge in [0.15, 0.2) is 0 Å². The van der Waals surface area contributed by atoms with Crippen LogP contribution in [-0.2, 0) is 15.4 Å². The van der Waals surface area contributed by atoms with Crippen molar-refractivity contribution in [2.75, 3.05) is 6.54 Å². The van der Waals surface area contributed by atoms with Gasteiger partial charge in [-0.25, -0.2) is 13.1 Å². The highest BCUT2D eigenvalue weighted by Gasteiger charge is 2.26. The van der Waals surface area contributed by atoms with Crippen molar-refractivity contribution in [3.05, 3.63) is 46.7 Å². The van der Waals surface area contributed by atoms with E-state index in [-0.39, 0.29) is 22.6 Å². The summed E-state index contributed by atoms with van der Waals surface area (Å²) in [5, 5.41) is 11.6. The second-order valence-electron chi connectivity index (χ2n) is 5.15. The first-order valence-electron chi connectivity index (χ1n) is 6.14. The summed E-state index contributed by atoms with van der Waals surface area (Å²) >= 11 is 1.60. The Balaban J connectivity index is 2.17. The molecule has 2 N–H and O–H groups in total. The predicted molar refractivity (Wildman–Crippen MR) is 80.6 cm³/mol. The van der Waals surface area contributed by atoms with Gasteiger partial charge >= 0.3 is 0 Å². The summed E-state index contributed by atoms with van der Waals surface area (Å²) in [6.45, 7) is 4.22. The molecule has 0 aliphatic heterocycles. The van der Waals surface area contributed by atoms with Crippen LogP contribution < -0.4 is 4.72 Å². The molecule has 108 valence electrons. The number of thiophene rings is 1. The zero-order chi connectivity index (χ0) is 14.8. The average Bonchev–Trinajstić information content (AvgIpc) is 2.92. The van der Waals surface area contributed by atoms with Gasteiger partial charge in [0.2, 0.25) is 10.0 Å². The minimum atomic E-state index is -3.71. The molecule has 0 bridgehead atoms. The van der Waals surface area contributed by atoms with Gasteiger partial charge in [-0.05, 0) is 23.6 Å². The normalized spacial score (nSPS) is 12.5. The number of nitrogens with one attached hydrogen (secondary N) is 1. The Labute approximate surface area is 123 Å². The molecule has 0 radical (unpaired) electrons. The Morgan fingerprint density at radius 1 is 1.20 bits per heavy atom. The predicted octanol–water partition coefficient (Wildman–Crippen LogP) is 2.71. The summed E-state index contributed by atoms with van der Waals surface area (Å²) in [5.74, 6) is -0.242. The van der Waals surface area contributed by atoms with Gasteiger partial charge in [0, 0.05) is 16.8 Å². The van der Waals surface area contributed by atoms with Crippen molar-refractivity contribution < 1.29 is 13.5 Å². The van der Waals surface area contributed by atoms with Crippen LogP contribution >= 0.6 is 11.3 Å². The third-order valence-electron chi connectivity index (χ3n) is 3.05. The lowest BCUT2D eigenvalue weighted by atomic mass is 9.92. The van der Waals surface area contributed by atoms with Gasteiger partial charge in [0.25, 0.3) is 0 Å². The average molecular weight is 311 g/mol. The second-order valence-corrected chi connectivity index (χ2v) is 7.84. The lowest BCUT2D eigenvalue weighted by Crippen LogP contribution is -2.36. The number of benzene rings is 1. The molecule has 0 unspecified atom stereocenters. The van der Waals surface area contributed by atoms with Crippen molar-refractivity contribution in [2.45, 2.75) is 24.2 Å². The van der Waals surface area contributed by atoms with E-state index in [9.17, 15) is 13.5 Å². The van der Waals surface area contributed by atoms with Crippen LogP contribution in [-0.4, -0.2) is 20.1 Å². The molecule has 20 heavy (non-hydrogen) atoms. The highest BCUT2D eigenvalue weighted by Crippen LogP contribution is 2.28. The van der Waals surface area contributed by atoms with E-state index in [1.54, 1.807) is 23.5 Å². The number of sulfonamides is 1. The van der Waals surface area contributed by atoms with E-state index in [1.807, 2.05) is 31.4 Å². The maximum Gasteiger partial charge on any atom is 0.244 e. The first kappa shape index (κ1) is 15.0. The number of phenolic OH excluding ortho intramolecular Hbond substituents is 1. The number of hydrogen-bond donors (Lipinski definition) is 2. The molecule has 1 aromatic heterocycles. The number of hydrogen-bond acceptors (Lipinski definition) is 4. The molecule has 0 amide bonds.